The molecule has 116 valence electrons. The van der Waals surface area contributed by atoms with Gasteiger partial charge in [-0.15, -0.1) is 0 Å². The van der Waals surface area contributed by atoms with Crippen LogP contribution in [-0.2, 0) is 9.59 Å². The lowest BCUT2D eigenvalue weighted by molar-refractivity contribution is -0.126. The van der Waals surface area contributed by atoms with E-state index in [1.165, 1.54) is 6.92 Å². The van der Waals surface area contributed by atoms with Crippen LogP contribution in [0.3, 0.4) is 0 Å². The lowest BCUT2D eigenvalue weighted by Gasteiger charge is -2.23. The van der Waals surface area contributed by atoms with Crippen molar-refractivity contribution in [3.63, 3.8) is 0 Å². The number of aliphatic hydroxyl groups excluding tert-OH is 1. The molecule has 1 aromatic carbocycles. The number of carbonyl (C=O) groups is 3. The zero-order chi connectivity index (χ0) is 16.3. The van der Waals surface area contributed by atoms with Crippen LogP contribution >= 0.6 is 11.8 Å². The second-order valence-electron chi connectivity index (χ2n) is 4.96. The summed E-state index contributed by atoms with van der Waals surface area (Å²) in [6.07, 6.45) is 2.31. The number of benzene rings is 1. The molecule has 5 nitrogen and oxygen atoms in total. The molecular weight excluding hydrogens is 302 g/mol. The van der Waals surface area contributed by atoms with E-state index in [4.69, 9.17) is 0 Å². The highest BCUT2D eigenvalue weighted by atomic mass is 32.2. The zero-order valence-electron chi connectivity index (χ0n) is 12.4. The zero-order valence-corrected chi connectivity index (χ0v) is 13.2. The van der Waals surface area contributed by atoms with E-state index in [1.807, 2.05) is 6.26 Å². The summed E-state index contributed by atoms with van der Waals surface area (Å²) in [7, 11) is 0. The minimum atomic E-state index is -0.772. The molecule has 0 aliphatic carbocycles. The van der Waals surface area contributed by atoms with Gasteiger partial charge in [0.15, 0.2) is 5.78 Å². The van der Waals surface area contributed by atoms with Gasteiger partial charge in [-0.05, 0) is 37.5 Å². The van der Waals surface area contributed by atoms with Crippen molar-refractivity contribution in [1.29, 1.82) is 0 Å². The molecule has 6 heteroatoms. The van der Waals surface area contributed by atoms with Crippen LogP contribution < -0.4 is 0 Å². The van der Waals surface area contributed by atoms with Crippen LogP contribution in [-0.4, -0.2) is 45.7 Å². The Hall–Kier alpha value is -2.08. The molecule has 0 fully saturated rings. The lowest BCUT2D eigenvalue weighted by atomic mass is 10.1. The van der Waals surface area contributed by atoms with E-state index in [-0.39, 0.29) is 11.3 Å². The molecule has 0 saturated carbocycles. The van der Waals surface area contributed by atoms with E-state index >= 15 is 0 Å². The number of ketones is 1. The Labute approximate surface area is 133 Å². The van der Waals surface area contributed by atoms with E-state index in [9.17, 15) is 19.5 Å². The van der Waals surface area contributed by atoms with Gasteiger partial charge in [0.1, 0.15) is 11.3 Å². The molecule has 1 unspecified atom stereocenters. The maximum absolute atomic E-state index is 12.6. The highest BCUT2D eigenvalue weighted by Crippen LogP contribution is 2.29. The van der Waals surface area contributed by atoms with Crippen molar-refractivity contribution in [1.82, 2.24) is 4.90 Å². The quantitative estimate of drug-likeness (QED) is 0.665. The maximum atomic E-state index is 12.6. The van der Waals surface area contributed by atoms with Gasteiger partial charge in [0, 0.05) is 5.56 Å². The summed E-state index contributed by atoms with van der Waals surface area (Å²) in [4.78, 5) is 37.6. The maximum Gasteiger partial charge on any atom is 0.268 e. The summed E-state index contributed by atoms with van der Waals surface area (Å²) in [5.74, 6) is -1.38. The van der Waals surface area contributed by atoms with Gasteiger partial charge >= 0.3 is 0 Å². The van der Waals surface area contributed by atoms with E-state index in [0.717, 1.165) is 4.90 Å². The first-order chi connectivity index (χ1) is 10.5. The van der Waals surface area contributed by atoms with Crippen molar-refractivity contribution in [2.24, 2.45) is 0 Å². The monoisotopic (exact) mass is 319 g/mol. The average molecular weight is 319 g/mol. The molecule has 0 bridgehead atoms. The van der Waals surface area contributed by atoms with Gasteiger partial charge in [0.05, 0.1) is 6.04 Å². The van der Waals surface area contributed by atoms with Crippen molar-refractivity contribution in [3.05, 3.63) is 47.2 Å². The van der Waals surface area contributed by atoms with E-state index in [2.05, 4.69) is 0 Å². The first-order valence-corrected chi connectivity index (χ1v) is 8.24. The fraction of sp³-hybridized carbons (Fsp3) is 0.312. The van der Waals surface area contributed by atoms with Gasteiger partial charge in [-0.1, -0.05) is 18.2 Å². The molecule has 2 amide bonds. The topological polar surface area (TPSA) is 74.7 Å². The normalized spacial score (nSPS) is 18.0. The molecule has 1 aromatic rings. The Morgan fingerprint density at radius 1 is 1.27 bits per heavy atom. The number of amides is 2. The number of hydrogen-bond donors (Lipinski definition) is 1. The third-order valence-electron chi connectivity index (χ3n) is 3.50. The van der Waals surface area contributed by atoms with E-state index < -0.39 is 23.6 Å². The summed E-state index contributed by atoms with van der Waals surface area (Å²) in [6.45, 7) is 1.21. The average Bonchev–Trinajstić information content (AvgIpc) is 2.75. The molecule has 22 heavy (non-hydrogen) atoms. The molecule has 0 saturated heterocycles. The standard InChI is InChI=1S/C16H17NO4S/c1-10(18)13-14(19)12(8-9-22-2)17(16(13)21)15(20)11-6-4-3-5-7-11/h3-7,12,19H,8-9H2,1-2H3. The number of thioether (sulfide) groups is 1. The Kier molecular flexibility index (Phi) is 5.03. The number of hydrogen-bond acceptors (Lipinski definition) is 5. The Morgan fingerprint density at radius 3 is 2.45 bits per heavy atom. The summed E-state index contributed by atoms with van der Waals surface area (Å²) < 4.78 is 0. The molecule has 1 aliphatic heterocycles. The van der Waals surface area contributed by atoms with Gasteiger partial charge in [-0.3, -0.25) is 19.3 Å². The number of aliphatic hydroxyl groups is 1. The minimum Gasteiger partial charge on any atom is -0.509 e. The smallest absolute Gasteiger partial charge is 0.268 e. The molecule has 1 N–H and O–H groups in total. The second kappa shape index (κ2) is 6.79. The van der Waals surface area contributed by atoms with Crippen molar-refractivity contribution in [3.8, 4) is 0 Å². The van der Waals surface area contributed by atoms with Gasteiger partial charge in [0.2, 0.25) is 0 Å². The fourth-order valence-corrected chi connectivity index (χ4v) is 2.90. The van der Waals surface area contributed by atoms with Crippen LogP contribution in [0.1, 0.15) is 23.7 Å². The number of nitrogens with zero attached hydrogens (tertiary/aromatic N) is 1. The van der Waals surface area contributed by atoms with Crippen molar-refractivity contribution in [2.75, 3.05) is 12.0 Å². The van der Waals surface area contributed by atoms with Crippen molar-refractivity contribution in [2.45, 2.75) is 19.4 Å². The largest absolute Gasteiger partial charge is 0.509 e. The first kappa shape index (κ1) is 16.3. The summed E-state index contributed by atoms with van der Waals surface area (Å²) in [5, 5.41) is 10.2. The van der Waals surface area contributed by atoms with Crippen LogP contribution in [0.4, 0.5) is 0 Å². The second-order valence-corrected chi connectivity index (χ2v) is 5.95. The Morgan fingerprint density at radius 2 is 1.91 bits per heavy atom. The molecule has 1 aliphatic rings. The van der Waals surface area contributed by atoms with Crippen LogP contribution in [0, 0.1) is 0 Å². The highest BCUT2D eigenvalue weighted by Gasteiger charge is 2.44. The predicted octanol–water partition coefficient (Wildman–Crippen LogP) is 2.19. The van der Waals surface area contributed by atoms with E-state index in [1.54, 1.807) is 42.1 Å². The Balaban J connectivity index is 2.39. The van der Waals surface area contributed by atoms with Crippen molar-refractivity contribution < 1.29 is 19.5 Å². The van der Waals surface area contributed by atoms with Crippen LogP contribution in [0.25, 0.3) is 0 Å². The SMILES string of the molecule is CSCCC1C(O)=C(C(C)=O)C(=O)N1C(=O)c1ccccc1. The summed E-state index contributed by atoms with van der Waals surface area (Å²) in [5.41, 5.74) is 0.0676. The van der Waals surface area contributed by atoms with Crippen molar-refractivity contribution >= 4 is 29.4 Å². The lowest BCUT2D eigenvalue weighted by Crippen LogP contribution is -2.41. The molecule has 1 heterocycles. The third-order valence-corrected chi connectivity index (χ3v) is 4.15. The van der Waals surface area contributed by atoms with Crippen LogP contribution in [0.5, 0.6) is 0 Å². The first-order valence-electron chi connectivity index (χ1n) is 6.85. The summed E-state index contributed by atoms with van der Waals surface area (Å²) >= 11 is 1.54. The van der Waals surface area contributed by atoms with Gasteiger partial charge in [-0.2, -0.15) is 11.8 Å². The molecular formula is C16H17NO4S. The molecule has 0 radical (unpaired) electrons. The fourth-order valence-electron chi connectivity index (χ4n) is 2.44. The third kappa shape index (κ3) is 2.92. The summed E-state index contributed by atoms with van der Waals surface area (Å²) in [6, 6.07) is 7.60. The van der Waals surface area contributed by atoms with Gasteiger partial charge in [-0.25, -0.2) is 0 Å². The van der Waals surface area contributed by atoms with Gasteiger partial charge < -0.3 is 5.11 Å². The highest BCUT2D eigenvalue weighted by molar-refractivity contribution is 7.98. The van der Waals surface area contributed by atoms with Crippen LogP contribution in [0.2, 0.25) is 0 Å². The molecule has 0 aromatic heterocycles. The van der Waals surface area contributed by atoms with E-state index in [0.29, 0.717) is 17.7 Å². The molecule has 0 spiro atoms. The Bertz CT molecular complexity index is 639. The molecule has 1 atom stereocenters. The number of Topliss-reactive ketones (excluding diaryl/α,β-unsaturated/α-hetero) is 1. The molecule has 2 rings (SSSR count). The minimum absolute atomic E-state index is 0.282. The number of carbonyl (C=O) groups excluding carboxylic acids is 3. The predicted molar refractivity (Wildman–Crippen MR) is 84.7 cm³/mol. The number of imide groups is 1. The van der Waals surface area contributed by atoms with Crippen LogP contribution in [0.15, 0.2) is 41.7 Å². The number of rotatable bonds is 5. The van der Waals surface area contributed by atoms with Gasteiger partial charge in [0.25, 0.3) is 11.8 Å².